The van der Waals surface area contributed by atoms with E-state index < -0.39 is 24.5 Å². The number of nitrogens with two attached hydrogens (primary N) is 1. The summed E-state index contributed by atoms with van der Waals surface area (Å²) >= 11 is 0. The number of rotatable bonds is 2. The molecule has 1 aromatic carbocycles. The Balaban J connectivity index is 1.94. The van der Waals surface area contributed by atoms with E-state index in [2.05, 4.69) is 9.97 Å². The second kappa shape index (κ2) is 5.55. The number of aliphatic hydroxyl groups is 2. The Hall–Kier alpha value is -2.48. The van der Waals surface area contributed by atoms with E-state index in [4.69, 9.17) is 10.5 Å². The van der Waals surface area contributed by atoms with Crippen LogP contribution >= 0.6 is 0 Å². The van der Waals surface area contributed by atoms with Gasteiger partial charge in [-0.25, -0.2) is 9.97 Å². The summed E-state index contributed by atoms with van der Waals surface area (Å²) < 4.78 is 7.45. The Morgan fingerprint density at radius 3 is 2.54 bits per heavy atom. The molecule has 24 heavy (non-hydrogen) atoms. The number of fused-ring (bicyclic) bond motifs is 1. The van der Waals surface area contributed by atoms with Crippen LogP contribution in [0, 0.1) is 0 Å². The van der Waals surface area contributed by atoms with Crippen molar-refractivity contribution in [3.8, 4) is 11.1 Å². The normalized spacial score (nSPS) is 27.0. The van der Waals surface area contributed by atoms with Gasteiger partial charge in [0.25, 0.3) is 0 Å². The van der Waals surface area contributed by atoms with E-state index in [0.717, 1.165) is 11.1 Å². The Morgan fingerprint density at radius 1 is 1.12 bits per heavy atom. The van der Waals surface area contributed by atoms with E-state index in [1.54, 1.807) is 11.5 Å². The number of aromatic nitrogens is 3. The number of hydrogen-bond acceptors (Lipinski definition) is 6. The van der Waals surface area contributed by atoms with Gasteiger partial charge in [0.1, 0.15) is 30.0 Å². The molecule has 2 aromatic heterocycles. The van der Waals surface area contributed by atoms with Crippen LogP contribution in [0.25, 0.3) is 22.2 Å². The van der Waals surface area contributed by atoms with Gasteiger partial charge in [-0.2, -0.15) is 0 Å². The average Bonchev–Trinajstić information content (AvgIpc) is 3.10. The Morgan fingerprint density at radius 2 is 1.88 bits per heavy atom. The molecule has 0 aliphatic carbocycles. The highest BCUT2D eigenvalue weighted by Gasteiger charge is 2.42. The average molecular weight is 326 g/mol. The van der Waals surface area contributed by atoms with E-state index in [9.17, 15) is 10.2 Å². The van der Waals surface area contributed by atoms with Crippen LogP contribution in [0.15, 0.2) is 42.9 Å². The molecule has 0 radical (unpaired) electrons. The van der Waals surface area contributed by atoms with Crippen LogP contribution in [-0.4, -0.2) is 43.1 Å². The maximum atomic E-state index is 10.3. The summed E-state index contributed by atoms with van der Waals surface area (Å²) in [6.07, 6.45) is 0.0154. The SMILES string of the molecule is C[C@H]1O[C@@H](n2cc(-c3ccccc3)c3c(N)ncnc32)[C@H](O)[C@@H]1O. The fraction of sp³-hybridized carbons (Fsp3) is 0.294. The fourth-order valence-corrected chi connectivity index (χ4v) is 3.20. The third kappa shape index (κ3) is 2.17. The molecule has 1 fully saturated rings. The minimum atomic E-state index is -1.05. The summed E-state index contributed by atoms with van der Waals surface area (Å²) in [6, 6.07) is 9.74. The van der Waals surface area contributed by atoms with Gasteiger partial charge in [-0.05, 0) is 12.5 Å². The first kappa shape index (κ1) is 15.1. The summed E-state index contributed by atoms with van der Waals surface area (Å²) in [5.74, 6) is 0.360. The third-order valence-corrected chi connectivity index (χ3v) is 4.47. The van der Waals surface area contributed by atoms with Gasteiger partial charge in [0.05, 0.1) is 11.5 Å². The van der Waals surface area contributed by atoms with Crippen LogP contribution in [0.4, 0.5) is 5.82 Å². The van der Waals surface area contributed by atoms with Gasteiger partial charge in [0.15, 0.2) is 6.23 Å². The van der Waals surface area contributed by atoms with Crippen molar-refractivity contribution in [1.29, 1.82) is 0 Å². The van der Waals surface area contributed by atoms with Crippen LogP contribution in [-0.2, 0) is 4.74 Å². The first-order valence-corrected chi connectivity index (χ1v) is 7.76. The van der Waals surface area contributed by atoms with Crippen molar-refractivity contribution in [2.75, 3.05) is 5.73 Å². The minimum absolute atomic E-state index is 0.360. The van der Waals surface area contributed by atoms with Gasteiger partial charge < -0.3 is 25.3 Å². The van der Waals surface area contributed by atoms with E-state index in [0.29, 0.717) is 16.9 Å². The van der Waals surface area contributed by atoms with Crippen molar-refractivity contribution in [3.63, 3.8) is 0 Å². The van der Waals surface area contributed by atoms with Crippen LogP contribution in [0.2, 0.25) is 0 Å². The zero-order chi connectivity index (χ0) is 16.8. The van der Waals surface area contributed by atoms with Crippen LogP contribution < -0.4 is 5.73 Å². The van der Waals surface area contributed by atoms with Gasteiger partial charge in [-0.3, -0.25) is 0 Å². The molecule has 1 aliphatic rings. The lowest BCUT2D eigenvalue weighted by Crippen LogP contribution is -2.30. The first-order valence-electron chi connectivity index (χ1n) is 7.76. The lowest BCUT2D eigenvalue weighted by Gasteiger charge is -2.17. The molecule has 3 heterocycles. The van der Waals surface area contributed by atoms with Crippen LogP contribution in [0.5, 0.6) is 0 Å². The molecule has 0 saturated carbocycles. The molecule has 4 atom stereocenters. The summed E-state index contributed by atoms with van der Waals surface area (Å²) in [6.45, 7) is 1.72. The Labute approximate surface area is 138 Å². The molecule has 0 amide bonds. The van der Waals surface area contributed by atoms with Gasteiger partial charge in [-0.1, -0.05) is 30.3 Å². The molecule has 4 N–H and O–H groups in total. The number of nitrogen functional groups attached to an aromatic ring is 1. The third-order valence-electron chi connectivity index (χ3n) is 4.47. The number of anilines is 1. The highest BCUT2D eigenvalue weighted by Crippen LogP contribution is 2.38. The van der Waals surface area contributed by atoms with Gasteiger partial charge in [-0.15, -0.1) is 0 Å². The predicted octanol–water partition coefficient (Wildman–Crippen LogP) is 1.32. The van der Waals surface area contributed by atoms with Gasteiger partial charge in [0, 0.05) is 11.8 Å². The number of benzene rings is 1. The summed E-state index contributed by atoms with van der Waals surface area (Å²) in [4.78, 5) is 8.40. The highest BCUT2D eigenvalue weighted by molar-refractivity contribution is 6.00. The lowest BCUT2D eigenvalue weighted by molar-refractivity contribution is -0.0295. The number of nitrogens with zero attached hydrogens (tertiary/aromatic N) is 3. The van der Waals surface area contributed by atoms with Crippen LogP contribution in [0.1, 0.15) is 13.2 Å². The zero-order valence-electron chi connectivity index (χ0n) is 13.1. The molecule has 124 valence electrons. The zero-order valence-corrected chi connectivity index (χ0v) is 13.1. The molecule has 0 bridgehead atoms. The highest BCUT2D eigenvalue weighted by atomic mass is 16.6. The van der Waals surface area contributed by atoms with Gasteiger partial charge in [0.2, 0.25) is 0 Å². The van der Waals surface area contributed by atoms with Crippen molar-refractivity contribution in [3.05, 3.63) is 42.9 Å². The molecule has 4 rings (SSSR count). The fourth-order valence-electron chi connectivity index (χ4n) is 3.20. The molecule has 0 unspecified atom stereocenters. The maximum Gasteiger partial charge on any atom is 0.164 e. The topological polar surface area (TPSA) is 106 Å². The molecule has 7 nitrogen and oxygen atoms in total. The van der Waals surface area contributed by atoms with Crippen molar-refractivity contribution < 1.29 is 14.9 Å². The van der Waals surface area contributed by atoms with Crippen molar-refractivity contribution in [1.82, 2.24) is 14.5 Å². The molecule has 7 heteroatoms. The lowest BCUT2D eigenvalue weighted by atomic mass is 10.1. The molecular weight excluding hydrogens is 308 g/mol. The second-order valence-corrected chi connectivity index (χ2v) is 5.99. The quantitative estimate of drug-likeness (QED) is 0.656. The molecular formula is C17H18N4O3. The number of hydrogen-bond donors (Lipinski definition) is 3. The van der Waals surface area contributed by atoms with E-state index in [1.807, 2.05) is 36.5 Å². The van der Waals surface area contributed by atoms with Crippen molar-refractivity contribution in [2.45, 2.75) is 31.5 Å². The Bertz CT molecular complexity index is 880. The van der Waals surface area contributed by atoms with Gasteiger partial charge >= 0.3 is 0 Å². The molecule has 3 aromatic rings. The first-order chi connectivity index (χ1) is 11.6. The summed E-state index contributed by atoms with van der Waals surface area (Å²) in [7, 11) is 0. The van der Waals surface area contributed by atoms with E-state index >= 15 is 0 Å². The Kier molecular flexibility index (Phi) is 3.49. The molecule has 1 saturated heterocycles. The van der Waals surface area contributed by atoms with E-state index in [1.165, 1.54) is 6.33 Å². The van der Waals surface area contributed by atoms with Crippen molar-refractivity contribution >= 4 is 16.9 Å². The second-order valence-electron chi connectivity index (χ2n) is 5.99. The maximum absolute atomic E-state index is 10.3. The minimum Gasteiger partial charge on any atom is -0.388 e. The smallest absolute Gasteiger partial charge is 0.164 e. The number of ether oxygens (including phenoxy) is 1. The monoisotopic (exact) mass is 326 g/mol. The summed E-state index contributed by atoms with van der Waals surface area (Å²) in [5, 5.41) is 21.0. The standard InChI is InChI=1S/C17H18N4O3/c1-9-13(22)14(23)17(24-9)21-7-11(10-5-3-2-4-6-10)12-15(18)19-8-20-16(12)21/h2-9,13-14,17,22-23H,1H3,(H2,18,19,20)/t9-,13-,14-,17-/m1/s1. The number of aliphatic hydroxyl groups excluding tert-OH is 2. The largest absolute Gasteiger partial charge is 0.388 e. The summed E-state index contributed by atoms with van der Waals surface area (Å²) in [5.41, 5.74) is 8.46. The molecule has 1 aliphatic heterocycles. The molecule has 0 spiro atoms. The predicted molar refractivity (Wildman–Crippen MR) is 89.0 cm³/mol. The van der Waals surface area contributed by atoms with E-state index in [-0.39, 0.29) is 0 Å². The van der Waals surface area contributed by atoms with Crippen LogP contribution in [0.3, 0.4) is 0 Å². The van der Waals surface area contributed by atoms with Crippen molar-refractivity contribution in [2.24, 2.45) is 0 Å².